The third-order valence-electron chi connectivity index (χ3n) is 11.9. The molecule has 5 rings (SSSR count). The van der Waals surface area contributed by atoms with Crippen molar-refractivity contribution in [2.75, 3.05) is 0 Å². The molecule has 0 saturated carbocycles. The van der Waals surface area contributed by atoms with Crippen LogP contribution in [0.2, 0.25) is 16.6 Å². The van der Waals surface area contributed by atoms with Gasteiger partial charge in [0.05, 0.1) is 5.76 Å². The number of rotatable bonds is 11. The first-order chi connectivity index (χ1) is 23.7. The van der Waals surface area contributed by atoms with Crippen molar-refractivity contribution < 1.29 is 30.0 Å². The van der Waals surface area contributed by atoms with Crippen molar-refractivity contribution in [3.8, 4) is 11.3 Å². The first-order valence-electron chi connectivity index (χ1n) is 19.4. The number of fused-ring (bicyclic) bond motifs is 3. The van der Waals surface area contributed by atoms with Gasteiger partial charge < -0.3 is 5.11 Å². The van der Waals surface area contributed by atoms with Gasteiger partial charge >= 0.3 is 0 Å². The molecular formula is C45H65IrN2O2SSi-. The Morgan fingerprint density at radius 1 is 0.808 bits per heavy atom. The average Bonchev–Trinajstić information content (AvgIpc) is 3.39. The van der Waals surface area contributed by atoms with E-state index in [9.17, 15) is 9.90 Å². The predicted octanol–water partition coefficient (Wildman–Crippen LogP) is 12.7. The summed E-state index contributed by atoms with van der Waals surface area (Å²) in [5.74, 6) is 1.63. The maximum absolute atomic E-state index is 12.3. The van der Waals surface area contributed by atoms with Crippen LogP contribution >= 0.6 is 11.3 Å². The van der Waals surface area contributed by atoms with Gasteiger partial charge in [-0.25, -0.2) is 4.98 Å². The van der Waals surface area contributed by atoms with Crippen LogP contribution < -0.4 is 4.50 Å². The minimum Gasteiger partial charge on any atom is -0.512 e. The van der Waals surface area contributed by atoms with Crippen LogP contribution in [0.1, 0.15) is 122 Å². The van der Waals surface area contributed by atoms with E-state index in [2.05, 4.69) is 147 Å². The molecule has 0 aliphatic heterocycles. The summed E-state index contributed by atoms with van der Waals surface area (Å²) in [5, 5.41) is 14.0. The molecule has 52 heavy (non-hydrogen) atoms. The number of hydrogen-bond acceptors (Lipinski definition) is 5. The van der Waals surface area contributed by atoms with Crippen LogP contribution in [0.3, 0.4) is 0 Å². The molecule has 0 saturated heterocycles. The molecule has 7 heteroatoms. The third kappa shape index (κ3) is 7.95. The number of aliphatic hydroxyl groups is 1. The van der Waals surface area contributed by atoms with E-state index in [1.54, 1.807) is 10.8 Å². The van der Waals surface area contributed by atoms with E-state index in [0.29, 0.717) is 40.3 Å². The Morgan fingerprint density at radius 3 is 1.83 bits per heavy atom. The molecule has 4 nitrogen and oxygen atoms in total. The Kier molecular flexibility index (Phi) is 14.5. The standard InChI is InChI=1S/C28H33N2SSi.C17H32O2.Ir/c1-16(2)32(17(3)4,18(5)6)27-24-23-25(29-15-30-26(23)31-27)21-13-19-11-9-10-12-20(19)14-22(21)28(24,7)8;1-10(2)16(11(3)4)14(18)9-15(19)17(12(5)6)13(7)8;/h9-12,14-18H,1-8H3;9-13,16-18H,1-8H3;/q-1;;/b;14-9-;. The van der Waals surface area contributed by atoms with Gasteiger partial charge in [-0.05, 0) is 55.8 Å². The van der Waals surface area contributed by atoms with Gasteiger partial charge in [0.2, 0.25) is 0 Å². The van der Waals surface area contributed by atoms with Crippen molar-refractivity contribution in [2.45, 2.75) is 133 Å². The van der Waals surface area contributed by atoms with Gasteiger partial charge in [0.25, 0.3) is 0 Å². The SMILES string of the molecule is CC(C)C(C(=O)/C=C(\O)C(C(C)C)C(C)C)C(C)C.CC(C)[Si](c1sc2ncnc3c2c1C(C)(C)c1cc2ccccc2[c-]c1-3)(C(C)C)C(C)C.[Ir]. The Bertz CT molecular complexity index is 1850. The second kappa shape index (κ2) is 17.1. The normalized spacial score (nSPS) is 14.4. The molecule has 0 unspecified atom stereocenters. The fourth-order valence-corrected chi connectivity index (χ4v) is 20.6. The maximum atomic E-state index is 12.3. The fourth-order valence-electron chi connectivity index (χ4n) is 10.0. The zero-order chi connectivity index (χ0) is 38.3. The monoisotopic (exact) mass is 918 g/mol. The van der Waals surface area contributed by atoms with Crippen molar-refractivity contribution in [1.29, 1.82) is 0 Å². The topological polar surface area (TPSA) is 63.1 Å². The number of carbonyl (C=O) groups is 1. The summed E-state index contributed by atoms with van der Waals surface area (Å²) < 4.78 is 1.65. The van der Waals surface area contributed by atoms with Crippen LogP contribution in [0, 0.1) is 41.6 Å². The van der Waals surface area contributed by atoms with Crippen molar-refractivity contribution >= 4 is 50.7 Å². The smallest absolute Gasteiger partial charge is 0.162 e. The molecule has 1 aliphatic carbocycles. The maximum Gasteiger partial charge on any atom is 0.162 e. The summed E-state index contributed by atoms with van der Waals surface area (Å²) >= 11 is 1.97. The van der Waals surface area contributed by atoms with E-state index >= 15 is 0 Å². The molecule has 0 spiro atoms. The summed E-state index contributed by atoms with van der Waals surface area (Å²) in [6.45, 7) is 36.2. The number of benzene rings is 2. The van der Waals surface area contributed by atoms with Crippen LogP contribution in [-0.4, -0.2) is 28.9 Å². The van der Waals surface area contributed by atoms with Gasteiger partial charge in [-0.15, -0.1) is 34.9 Å². The Morgan fingerprint density at radius 2 is 1.33 bits per heavy atom. The van der Waals surface area contributed by atoms with Crippen molar-refractivity contribution in [1.82, 2.24) is 9.97 Å². The number of thiophene rings is 1. The Labute approximate surface area is 334 Å². The molecule has 0 bridgehead atoms. The molecule has 1 radical (unpaired) electrons. The van der Waals surface area contributed by atoms with Gasteiger partial charge in [0.1, 0.15) is 19.2 Å². The summed E-state index contributed by atoms with van der Waals surface area (Å²) in [6, 6.07) is 14.7. The number of aliphatic hydroxyl groups excluding tert-OH is 1. The van der Waals surface area contributed by atoms with Crippen molar-refractivity contribution in [3.63, 3.8) is 0 Å². The van der Waals surface area contributed by atoms with Crippen LogP contribution in [0.5, 0.6) is 0 Å². The van der Waals surface area contributed by atoms with Crippen LogP contribution in [0.15, 0.2) is 48.5 Å². The molecule has 1 aliphatic rings. The fraction of sp³-hybridized carbons (Fsp3) is 0.578. The molecule has 0 fully saturated rings. The predicted molar refractivity (Wildman–Crippen MR) is 224 cm³/mol. The number of nitrogens with zero attached hydrogens (tertiary/aromatic N) is 2. The van der Waals surface area contributed by atoms with Crippen LogP contribution in [-0.2, 0) is 30.3 Å². The number of ketones is 1. The van der Waals surface area contributed by atoms with E-state index < -0.39 is 8.07 Å². The van der Waals surface area contributed by atoms with Gasteiger partial charge in [0, 0.05) is 49.1 Å². The van der Waals surface area contributed by atoms with Crippen LogP contribution in [0.25, 0.3) is 32.2 Å². The van der Waals surface area contributed by atoms with E-state index in [0.717, 1.165) is 21.5 Å². The van der Waals surface area contributed by atoms with Gasteiger partial charge in [-0.1, -0.05) is 145 Å². The van der Waals surface area contributed by atoms with Crippen molar-refractivity contribution in [2.24, 2.45) is 35.5 Å². The molecule has 287 valence electrons. The molecule has 2 aromatic heterocycles. The second-order valence-corrected chi connectivity index (χ2v) is 25.1. The summed E-state index contributed by atoms with van der Waals surface area (Å²) in [5.41, 5.74) is 6.94. The average molecular weight is 918 g/mol. The molecule has 0 atom stereocenters. The van der Waals surface area contributed by atoms with Gasteiger partial charge in [-0.2, -0.15) is 0 Å². The zero-order valence-corrected chi connectivity index (χ0v) is 38.9. The number of allylic oxidation sites excluding steroid dienone is 2. The quantitative estimate of drug-likeness (QED) is 0.0705. The summed E-state index contributed by atoms with van der Waals surface area (Å²) in [4.78, 5) is 23.2. The van der Waals surface area contributed by atoms with E-state index in [-0.39, 0.29) is 48.9 Å². The largest absolute Gasteiger partial charge is 0.512 e. The Hall–Kier alpha value is -2.18. The molecule has 2 aromatic carbocycles. The molecule has 1 N–H and O–H groups in total. The first-order valence-corrected chi connectivity index (χ1v) is 22.4. The molecular weight excluding hydrogens is 853 g/mol. The number of hydrogen-bond donors (Lipinski definition) is 1. The third-order valence-corrected chi connectivity index (χ3v) is 21.0. The Balaban J connectivity index is 0.000000317. The number of aromatic nitrogens is 2. The van der Waals surface area contributed by atoms with Gasteiger partial charge in [-0.3, -0.25) is 9.78 Å². The molecule has 2 heterocycles. The van der Waals surface area contributed by atoms with E-state index in [4.69, 9.17) is 9.97 Å². The van der Waals surface area contributed by atoms with E-state index in [1.165, 1.54) is 28.0 Å². The zero-order valence-electron chi connectivity index (χ0n) is 34.7. The number of carbonyl (C=O) groups excluding carboxylic acids is 1. The summed E-state index contributed by atoms with van der Waals surface area (Å²) in [6.07, 6.45) is 3.24. The van der Waals surface area contributed by atoms with Crippen LogP contribution in [0.4, 0.5) is 0 Å². The molecule has 0 amide bonds. The van der Waals surface area contributed by atoms with Crippen molar-refractivity contribution in [3.05, 3.63) is 65.7 Å². The second-order valence-electron chi connectivity index (χ2n) is 17.9. The molecule has 4 aromatic rings. The first kappa shape index (κ1) is 44.2. The minimum atomic E-state index is -1.86. The van der Waals surface area contributed by atoms with E-state index in [1.807, 2.05) is 11.3 Å². The minimum absolute atomic E-state index is 0. The van der Waals surface area contributed by atoms with Gasteiger partial charge in [0.15, 0.2) is 5.78 Å². The summed E-state index contributed by atoms with van der Waals surface area (Å²) in [7, 11) is -1.86.